The summed E-state index contributed by atoms with van der Waals surface area (Å²) in [5.41, 5.74) is 0. The third kappa shape index (κ3) is 8.04. The van der Waals surface area contributed by atoms with E-state index in [0.717, 1.165) is 13.0 Å². The minimum atomic E-state index is -3.10. The molecule has 98 valence electrons. The minimum absolute atomic E-state index is 0.215. The van der Waals surface area contributed by atoms with E-state index < -0.39 is 10.0 Å². The molecule has 0 aromatic carbocycles. The predicted octanol–water partition coefficient (Wildman–Crippen LogP) is -0.144. The van der Waals surface area contributed by atoms with Gasteiger partial charge in [0.05, 0.1) is 5.75 Å². The quantitative estimate of drug-likeness (QED) is 0.560. The van der Waals surface area contributed by atoms with Gasteiger partial charge in [-0.05, 0) is 47.5 Å². The number of likely N-dealkylation sites (N-methyl/N-ethyl adjacent to an activating group) is 1. The molecule has 0 rings (SSSR count). The van der Waals surface area contributed by atoms with Crippen LogP contribution in [0.5, 0.6) is 0 Å². The van der Waals surface area contributed by atoms with Crippen molar-refractivity contribution in [3.05, 3.63) is 0 Å². The Morgan fingerprint density at radius 2 is 1.88 bits per heavy atom. The Morgan fingerprint density at radius 3 is 2.38 bits per heavy atom. The fraction of sp³-hybridized carbons (Fsp3) is 1.00. The summed E-state index contributed by atoms with van der Waals surface area (Å²) in [6.45, 7) is 3.33. The van der Waals surface area contributed by atoms with Gasteiger partial charge in [0.2, 0.25) is 10.0 Å². The van der Waals surface area contributed by atoms with E-state index in [1.807, 2.05) is 33.0 Å². The van der Waals surface area contributed by atoms with Gasteiger partial charge in [-0.1, -0.05) is 0 Å². The highest BCUT2D eigenvalue weighted by atomic mass is 32.2. The number of unbranched alkanes of at least 4 members (excludes halogenated alkanes) is 1. The normalized spacial score (nSPS) is 14.3. The fourth-order valence-electron chi connectivity index (χ4n) is 1.10. The summed E-state index contributed by atoms with van der Waals surface area (Å²) in [7, 11) is 2.64. The van der Waals surface area contributed by atoms with Crippen molar-refractivity contribution in [3.8, 4) is 0 Å². The molecule has 0 saturated carbocycles. The second kappa shape index (κ2) is 8.00. The Bertz CT molecular complexity index is 265. The molecule has 1 unspecified atom stereocenters. The molecule has 0 aromatic heterocycles. The lowest BCUT2D eigenvalue weighted by molar-refractivity contribution is 0.314. The second-order valence-corrected chi connectivity index (χ2v) is 6.22. The average Bonchev–Trinajstić information content (AvgIpc) is 2.21. The van der Waals surface area contributed by atoms with Gasteiger partial charge in [-0.15, -0.1) is 0 Å². The van der Waals surface area contributed by atoms with Crippen molar-refractivity contribution < 1.29 is 8.42 Å². The molecule has 0 fully saturated rings. The van der Waals surface area contributed by atoms with E-state index in [-0.39, 0.29) is 11.8 Å². The summed E-state index contributed by atoms with van der Waals surface area (Å²) in [4.78, 5) is 1.99. The maximum atomic E-state index is 11.6. The zero-order valence-corrected chi connectivity index (χ0v) is 11.6. The minimum Gasteiger partial charge on any atom is -0.320 e. The topological polar surface area (TPSA) is 61.4 Å². The third-order valence-corrected chi connectivity index (χ3v) is 4.00. The first-order valence-electron chi connectivity index (χ1n) is 5.67. The molecular formula is C10H25N3O2S. The highest BCUT2D eigenvalue weighted by molar-refractivity contribution is 7.89. The van der Waals surface area contributed by atoms with Crippen LogP contribution in [-0.4, -0.2) is 59.3 Å². The predicted molar refractivity (Wildman–Crippen MR) is 68.1 cm³/mol. The molecule has 0 amide bonds. The number of hydrogen-bond acceptors (Lipinski definition) is 4. The Kier molecular flexibility index (Phi) is 7.91. The molecule has 0 saturated heterocycles. The molecule has 0 aliphatic carbocycles. The summed E-state index contributed by atoms with van der Waals surface area (Å²) in [6, 6.07) is 0.215. The van der Waals surface area contributed by atoms with E-state index >= 15 is 0 Å². The molecule has 0 bridgehead atoms. The van der Waals surface area contributed by atoms with Gasteiger partial charge in [-0.2, -0.15) is 0 Å². The van der Waals surface area contributed by atoms with Crippen LogP contribution in [0.2, 0.25) is 0 Å². The lowest BCUT2D eigenvalue weighted by Crippen LogP contribution is -2.39. The van der Waals surface area contributed by atoms with E-state index in [1.54, 1.807) is 0 Å². The lowest BCUT2D eigenvalue weighted by Gasteiger charge is -2.19. The molecule has 6 heteroatoms. The molecule has 0 aliphatic rings. The highest BCUT2D eigenvalue weighted by Gasteiger charge is 2.12. The standard InChI is InChI=1S/C10H25N3O2S/c1-10(13(3)4)9-12-16(14,15)8-6-5-7-11-2/h10-12H,5-9H2,1-4H3. The van der Waals surface area contributed by atoms with Gasteiger partial charge in [0.15, 0.2) is 0 Å². The highest BCUT2D eigenvalue weighted by Crippen LogP contribution is 1.95. The van der Waals surface area contributed by atoms with Gasteiger partial charge in [-0.25, -0.2) is 13.1 Å². The summed E-state index contributed by atoms with van der Waals surface area (Å²) in [5.74, 6) is 0.217. The molecule has 0 spiro atoms. The number of rotatable bonds is 9. The van der Waals surface area contributed by atoms with Crippen LogP contribution < -0.4 is 10.0 Å². The van der Waals surface area contributed by atoms with Crippen LogP contribution in [0, 0.1) is 0 Å². The van der Waals surface area contributed by atoms with E-state index in [9.17, 15) is 8.42 Å². The van der Waals surface area contributed by atoms with Crippen molar-refractivity contribution in [2.45, 2.75) is 25.8 Å². The van der Waals surface area contributed by atoms with E-state index in [2.05, 4.69) is 10.0 Å². The van der Waals surface area contributed by atoms with Crippen LogP contribution in [0.3, 0.4) is 0 Å². The van der Waals surface area contributed by atoms with Gasteiger partial charge >= 0.3 is 0 Å². The summed E-state index contributed by atoms with van der Waals surface area (Å²) in [6.07, 6.45) is 1.59. The van der Waals surface area contributed by atoms with Gasteiger partial charge in [0.1, 0.15) is 0 Å². The molecular weight excluding hydrogens is 226 g/mol. The maximum absolute atomic E-state index is 11.6. The molecule has 0 heterocycles. The van der Waals surface area contributed by atoms with E-state index in [1.165, 1.54) is 0 Å². The van der Waals surface area contributed by atoms with Crippen LogP contribution in [-0.2, 0) is 10.0 Å². The monoisotopic (exact) mass is 251 g/mol. The van der Waals surface area contributed by atoms with Crippen molar-refractivity contribution in [1.29, 1.82) is 0 Å². The van der Waals surface area contributed by atoms with Crippen LogP contribution in [0.15, 0.2) is 0 Å². The van der Waals surface area contributed by atoms with Crippen LogP contribution in [0.25, 0.3) is 0 Å². The van der Waals surface area contributed by atoms with Crippen LogP contribution in [0.1, 0.15) is 19.8 Å². The van der Waals surface area contributed by atoms with Crippen molar-refractivity contribution in [1.82, 2.24) is 14.9 Å². The van der Waals surface area contributed by atoms with Crippen molar-refractivity contribution in [3.63, 3.8) is 0 Å². The van der Waals surface area contributed by atoms with Crippen molar-refractivity contribution in [2.75, 3.05) is 40.0 Å². The van der Waals surface area contributed by atoms with Gasteiger partial charge in [-0.3, -0.25) is 0 Å². The molecule has 5 nitrogen and oxygen atoms in total. The first kappa shape index (κ1) is 15.8. The fourth-order valence-corrected chi connectivity index (χ4v) is 2.32. The van der Waals surface area contributed by atoms with E-state index in [4.69, 9.17) is 0 Å². The first-order chi connectivity index (χ1) is 7.39. The Balaban J connectivity index is 3.79. The van der Waals surface area contributed by atoms with Crippen molar-refractivity contribution >= 4 is 10.0 Å². The Labute approximate surface area is 99.6 Å². The average molecular weight is 251 g/mol. The SMILES string of the molecule is CNCCCCS(=O)(=O)NCC(C)N(C)C. The van der Waals surface area contributed by atoms with Gasteiger partial charge in [0.25, 0.3) is 0 Å². The first-order valence-corrected chi connectivity index (χ1v) is 7.32. The Hall–Kier alpha value is -0.170. The molecule has 0 aliphatic heterocycles. The largest absolute Gasteiger partial charge is 0.320 e. The number of sulfonamides is 1. The second-order valence-electron chi connectivity index (χ2n) is 4.29. The van der Waals surface area contributed by atoms with E-state index in [0.29, 0.717) is 13.0 Å². The van der Waals surface area contributed by atoms with Crippen LogP contribution >= 0.6 is 0 Å². The lowest BCUT2D eigenvalue weighted by atomic mass is 10.3. The number of nitrogens with one attached hydrogen (secondary N) is 2. The maximum Gasteiger partial charge on any atom is 0.211 e. The third-order valence-electron chi connectivity index (χ3n) is 2.57. The molecule has 0 aromatic rings. The molecule has 1 atom stereocenters. The number of nitrogens with zero attached hydrogens (tertiary/aromatic N) is 1. The summed E-state index contributed by atoms with van der Waals surface area (Å²) >= 11 is 0. The molecule has 2 N–H and O–H groups in total. The Morgan fingerprint density at radius 1 is 1.25 bits per heavy atom. The van der Waals surface area contributed by atoms with Crippen molar-refractivity contribution in [2.24, 2.45) is 0 Å². The zero-order valence-electron chi connectivity index (χ0n) is 10.8. The van der Waals surface area contributed by atoms with Gasteiger partial charge in [0, 0.05) is 12.6 Å². The van der Waals surface area contributed by atoms with Crippen LogP contribution in [0.4, 0.5) is 0 Å². The summed E-state index contributed by atoms with van der Waals surface area (Å²) < 4.78 is 25.8. The molecule has 16 heavy (non-hydrogen) atoms. The molecule has 0 radical (unpaired) electrons. The zero-order chi connectivity index (χ0) is 12.6. The smallest absolute Gasteiger partial charge is 0.211 e. The number of hydrogen-bond donors (Lipinski definition) is 2. The van der Waals surface area contributed by atoms with Gasteiger partial charge < -0.3 is 10.2 Å². The summed E-state index contributed by atoms with van der Waals surface area (Å²) in [5, 5.41) is 3.00.